The maximum atomic E-state index is 15.2. The van der Waals surface area contributed by atoms with Crippen LogP contribution in [0.1, 0.15) is 56.4 Å². The van der Waals surface area contributed by atoms with E-state index in [9.17, 15) is 4.79 Å². The second-order valence-corrected chi connectivity index (χ2v) is 10.8. The number of hydrogen-bond acceptors (Lipinski definition) is 8. The van der Waals surface area contributed by atoms with Gasteiger partial charge in [0.15, 0.2) is 5.82 Å². The molecule has 6 rings (SSSR count). The fourth-order valence-corrected chi connectivity index (χ4v) is 5.92. The molecule has 2 aromatic heterocycles. The lowest BCUT2D eigenvalue weighted by Gasteiger charge is -2.44. The van der Waals surface area contributed by atoms with E-state index in [0.717, 1.165) is 29.6 Å². The molecule has 3 fully saturated rings. The molecule has 1 aromatic carbocycles. The summed E-state index contributed by atoms with van der Waals surface area (Å²) in [6.45, 7) is 3.16. The first-order valence-corrected chi connectivity index (χ1v) is 13.5. The molecule has 0 spiro atoms. The van der Waals surface area contributed by atoms with E-state index in [4.69, 9.17) is 11.6 Å². The van der Waals surface area contributed by atoms with Gasteiger partial charge in [0.05, 0.1) is 17.6 Å². The molecule has 12 heteroatoms. The topological polar surface area (TPSA) is 106 Å². The van der Waals surface area contributed by atoms with Crippen LogP contribution in [-0.4, -0.2) is 60.3 Å². The molecule has 0 bridgehead atoms. The lowest BCUT2D eigenvalue weighted by Crippen LogP contribution is -2.49. The second kappa shape index (κ2) is 10.0. The smallest absolute Gasteiger partial charge is 0.368 e. The molecule has 2 aliphatic heterocycles. The van der Waals surface area contributed by atoms with Crippen molar-refractivity contribution in [1.29, 1.82) is 0 Å². The molecule has 2 saturated heterocycles. The summed E-state index contributed by atoms with van der Waals surface area (Å²) in [6, 6.07) is 3.64. The predicted octanol–water partition coefficient (Wildman–Crippen LogP) is 3.85. The number of hydrogen-bond donors (Lipinski definition) is 2. The molecular formula is C25H31ClFN9O. The lowest BCUT2D eigenvalue weighted by molar-refractivity contribution is 0.0649. The van der Waals surface area contributed by atoms with Crippen molar-refractivity contribution in [1.82, 2.24) is 34.7 Å². The highest BCUT2D eigenvalue weighted by Gasteiger charge is 2.33. The van der Waals surface area contributed by atoms with Crippen LogP contribution in [0.3, 0.4) is 0 Å². The standard InChI is InChI=1S/C25H31ClFN9O/c1-34-25(37)36(33-32-34)22-12-20(19(27)11-17(22)15-7-8-15)30-24-29-14-18(26)23(31-24)28-13-16-5-4-10-35-9-3-2-6-21(16)35/h11-12,14-16,21H,2-10,13H2,1H3,(H2,28,29,30,31)/t16-,21+/m0/s1. The van der Waals surface area contributed by atoms with Crippen LogP contribution < -0.4 is 16.3 Å². The van der Waals surface area contributed by atoms with Crippen molar-refractivity contribution in [3.05, 3.63) is 45.2 Å². The summed E-state index contributed by atoms with van der Waals surface area (Å²) in [4.78, 5) is 24.0. The molecule has 0 unspecified atom stereocenters. The highest BCUT2D eigenvalue weighted by Crippen LogP contribution is 2.44. The summed E-state index contributed by atoms with van der Waals surface area (Å²) in [5.74, 6) is 1.03. The highest BCUT2D eigenvalue weighted by molar-refractivity contribution is 6.32. The fraction of sp³-hybridized carbons (Fsp3) is 0.560. The predicted molar refractivity (Wildman–Crippen MR) is 139 cm³/mol. The van der Waals surface area contributed by atoms with Crippen LogP contribution in [0, 0.1) is 11.7 Å². The van der Waals surface area contributed by atoms with Gasteiger partial charge in [0, 0.05) is 19.6 Å². The van der Waals surface area contributed by atoms with Gasteiger partial charge in [0.25, 0.3) is 0 Å². The van der Waals surface area contributed by atoms with Crippen LogP contribution in [0.4, 0.5) is 21.8 Å². The van der Waals surface area contributed by atoms with Crippen LogP contribution in [0.5, 0.6) is 0 Å². The minimum atomic E-state index is -0.449. The molecule has 0 amide bonds. The minimum Gasteiger partial charge on any atom is -0.368 e. The molecular weight excluding hydrogens is 497 g/mol. The Morgan fingerprint density at radius 3 is 2.73 bits per heavy atom. The normalized spacial score (nSPS) is 22.0. The van der Waals surface area contributed by atoms with Gasteiger partial charge in [-0.1, -0.05) is 18.0 Å². The van der Waals surface area contributed by atoms with Gasteiger partial charge in [0.1, 0.15) is 10.8 Å². The van der Waals surface area contributed by atoms with Gasteiger partial charge in [-0.2, -0.15) is 14.3 Å². The molecule has 37 heavy (non-hydrogen) atoms. The number of benzene rings is 1. The van der Waals surface area contributed by atoms with Crippen molar-refractivity contribution in [2.45, 2.75) is 56.9 Å². The Hall–Kier alpha value is -3.05. The van der Waals surface area contributed by atoms with Crippen molar-refractivity contribution in [2.24, 2.45) is 13.0 Å². The number of aromatic nitrogens is 6. The van der Waals surface area contributed by atoms with Gasteiger partial charge in [-0.15, -0.1) is 0 Å². The van der Waals surface area contributed by atoms with E-state index in [1.807, 2.05) is 0 Å². The lowest BCUT2D eigenvalue weighted by atomic mass is 9.83. The van der Waals surface area contributed by atoms with Crippen LogP contribution in [0.15, 0.2) is 23.1 Å². The Bertz CT molecular complexity index is 1350. The largest absolute Gasteiger partial charge is 0.368 e. The van der Waals surface area contributed by atoms with Gasteiger partial charge in [0.2, 0.25) is 5.95 Å². The van der Waals surface area contributed by atoms with Gasteiger partial charge in [-0.25, -0.2) is 14.2 Å². The molecule has 4 heterocycles. The Balaban J connectivity index is 1.23. The monoisotopic (exact) mass is 527 g/mol. The third-order valence-corrected chi connectivity index (χ3v) is 8.11. The van der Waals surface area contributed by atoms with E-state index in [0.29, 0.717) is 28.5 Å². The number of anilines is 3. The van der Waals surface area contributed by atoms with E-state index < -0.39 is 11.5 Å². The molecule has 10 nitrogen and oxygen atoms in total. The number of nitrogens with zero attached hydrogens (tertiary/aromatic N) is 7. The van der Waals surface area contributed by atoms with E-state index in [-0.39, 0.29) is 17.6 Å². The maximum absolute atomic E-state index is 15.2. The average molecular weight is 528 g/mol. The Labute approximate surface area is 219 Å². The summed E-state index contributed by atoms with van der Waals surface area (Å²) < 4.78 is 17.5. The van der Waals surface area contributed by atoms with E-state index in [1.165, 1.54) is 69.2 Å². The third-order valence-electron chi connectivity index (χ3n) is 7.83. The first-order chi connectivity index (χ1) is 18.0. The molecule has 0 radical (unpaired) electrons. The maximum Gasteiger partial charge on any atom is 0.368 e. The number of tetrazole rings is 1. The Kier molecular flexibility index (Phi) is 6.58. The van der Waals surface area contributed by atoms with E-state index in [2.05, 4.69) is 35.9 Å². The Morgan fingerprint density at radius 1 is 1.11 bits per heavy atom. The van der Waals surface area contributed by atoms with Crippen molar-refractivity contribution in [2.75, 3.05) is 30.3 Å². The average Bonchev–Trinajstić information content (AvgIpc) is 3.70. The van der Waals surface area contributed by atoms with Gasteiger partial charge in [-0.3, -0.25) is 0 Å². The van der Waals surface area contributed by atoms with Gasteiger partial charge >= 0.3 is 5.69 Å². The molecule has 196 valence electrons. The molecule has 1 saturated carbocycles. The first-order valence-electron chi connectivity index (χ1n) is 13.1. The zero-order valence-corrected chi connectivity index (χ0v) is 21.6. The quantitative estimate of drug-likeness (QED) is 0.477. The molecule has 3 aliphatic rings. The van der Waals surface area contributed by atoms with Crippen LogP contribution in [-0.2, 0) is 7.05 Å². The van der Waals surface area contributed by atoms with Gasteiger partial charge in [-0.05, 0) is 91.6 Å². The number of fused-ring (bicyclic) bond motifs is 1. The molecule has 2 atom stereocenters. The van der Waals surface area contributed by atoms with Gasteiger partial charge < -0.3 is 15.5 Å². The number of halogens is 2. The summed E-state index contributed by atoms with van der Waals surface area (Å²) in [5.41, 5.74) is 1.00. The minimum absolute atomic E-state index is 0.148. The van der Waals surface area contributed by atoms with Crippen LogP contribution in [0.25, 0.3) is 5.69 Å². The van der Waals surface area contributed by atoms with Crippen LogP contribution >= 0.6 is 11.6 Å². The number of piperidine rings is 2. The Morgan fingerprint density at radius 2 is 1.95 bits per heavy atom. The first kappa shape index (κ1) is 24.3. The third kappa shape index (κ3) is 4.94. The summed E-state index contributed by atoms with van der Waals surface area (Å²) in [5, 5.41) is 14.6. The number of aryl methyl sites for hydroxylation is 1. The zero-order chi connectivity index (χ0) is 25.5. The van der Waals surface area contributed by atoms with Crippen molar-refractivity contribution >= 4 is 29.1 Å². The van der Waals surface area contributed by atoms with Crippen LogP contribution in [0.2, 0.25) is 5.02 Å². The van der Waals surface area contributed by atoms with E-state index >= 15 is 4.39 Å². The molecule has 2 N–H and O–H groups in total. The van der Waals surface area contributed by atoms with Crippen molar-refractivity contribution < 1.29 is 4.39 Å². The fourth-order valence-electron chi connectivity index (χ4n) is 5.76. The number of nitrogens with one attached hydrogen (secondary N) is 2. The zero-order valence-electron chi connectivity index (χ0n) is 20.8. The molecule has 1 aliphatic carbocycles. The summed E-state index contributed by atoms with van der Waals surface area (Å²) in [7, 11) is 1.53. The number of rotatable bonds is 7. The van der Waals surface area contributed by atoms with E-state index in [1.54, 1.807) is 6.07 Å². The molecule has 3 aromatic rings. The SMILES string of the molecule is Cn1nnn(-c2cc(Nc3ncc(Cl)c(NC[C@@H]4CCCN5CCCC[C@H]45)n3)c(F)cc2C2CC2)c1=O. The summed E-state index contributed by atoms with van der Waals surface area (Å²) >= 11 is 6.42. The highest BCUT2D eigenvalue weighted by atomic mass is 35.5. The van der Waals surface area contributed by atoms with Crippen molar-refractivity contribution in [3.8, 4) is 5.69 Å². The second-order valence-electron chi connectivity index (χ2n) is 10.4. The summed E-state index contributed by atoms with van der Waals surface area (Å²) in [6.07, 6.45) is 9.61. The van der Waals surface area contributed by atoms with Crippen molar-refractivity contribution in [3.63, 3.8) is 0 Å².